The number of nitrogens with zero attached hydrogens (tertiary/aromatic N) is 1. The van der Waals surface area contributed by atoms with Gasteiger partial charge in [0.05, 0.1) is 0 Å². The van der Waals surface area contributed by atoms with E-state index in [2.05, 4.69) is 31.3 Å². The summed E-state index contributed by atoms with van der Waals surface area (Å²) in [6.07, 6.45) is 6.32. The van der Waals surface area contributed by atoms with Crippen molar-refractivity contribution >= 4 is 6.21 Å². The van der Waals surface area contributed by atoms with E-state index in [1.54, 1.807) is 0 Å². The lowest BCUT2D eigenvalue weighted by atomic mass is 10.4. The van der Waals surface area contributed by atoms with Crippen molar-refractivity contribution in [2.24, 2.45) is 0 Å². The first-order valence-electron chi connectivity index (χ1n) is 3.45. The molecule has 0 saturated carbocycles. The van der Waals surface area contributed by atoms with Crippen LogP contribution in [0.25, 0.3) is 0 Å². The Morgan fingerprint density at radius 3 is 2.67 bits per heavy atom. The fourth-order valence-electron chi connectivity index (χ4n) is 0.698. The summed E-state index contributed by atoms with van der Waals surface area (Å²) in [5.41, 5.74) is 0. The van der Waals surface area contributed by atoms with Crippen LogP contribution in [0, 0.1) is 0 Å². The minimum Gasteiger partial charge on any atom is -0.242 e. The average Bonchev–Trinajstić information content (AvgIpc) is 1.85. The Kier molecular flexibility index (Phi) is 5.18. The molecule has 0 aromatic rings. The Morgan fingerprint density at radius 2 is 2.22 bits per heavy atom. The van der Waals surface area contributed by atoms with Crippen molar-refractivity contribution < 1.29 is 4.58 Å². The van der Waals surface area contributed by atoms with Gasteiger partial charge >= 0.3 is 0 Å². The molecule has 0 saturated heterocycles. The topological polar surface area (TPSA) is 3.01 Å². The standard InChI is InChI=1S/C8H16N/c1-4-6-8-9(3)7-5-2/h4,7H,1,5-6,8H2,2-3H3/q+1. The quantitative estimate of drug-likeness (QED) is 0.306. The molecule has 0 fully saturated rings. The maximum atomic E-state index is 3.65. The second-order valence-electron chi connectivity index (χ2n) is 2.15. The van der Waals surface area contributed by atoms with Crippen LogP contribution < -0.4 is 0 Å². The summed E-state index contributed by atoms with van der Waals surface area (Å²) in [6.45, 7) is 6.89. The predicted octanol–water partition coefficient (Wildman–Crippen LogP) is 1.69. The van der Waals surface area contributed by atoms with E-state index >= 15 is 0 Å². The second-order valence-corrected chi connectivity index (χ2v) is 2.15. The summed E-state index contributed by atoms with van der Waals surface area (Å²) >= 11 is 0. The van der Waals surface area contributed by atoms with Crippen LogP contribution in [0.1, 0.15) is 19.8 Å². The smallest absolute Gasteiger partial charge is 0.145 e. The molecule has 0 aliphatic heterocycles. The highest BCUT2D eigenvalue weighted by Gasteiger charge is 1.89. The molecule has 1 nitrogen and oxygen atoms in total. The monoisotopic (exact) mass is 126 g/mol. The molecule has 52 valence electrons. The van der Waals surface area contributed by atoms with Gasteiger partial charge in [0.1, 0.15) is 19.8 Å². The van der Waals surface area contributed by atoms with Gasteiger partial charge in [0, 0.05) is 12.8 Å². The van der Waals surface area contributed by atoms with E-state index in [0.717, 1.165) is 19.4 Å². The molecule has 0 bridgehead atoms. The Labute approximate surface area is 57.7 Å². The van der Waals surface area contributed by atoms with Crippen molar-refractivity contribution in [1.82, 2.24) is 0 Å². The zero-order valence-electron chi connectivity index (χ0n) is 6.43. The molecule has 0 heterocycles. The Morgan fingerprint density at radius 1 is 1.56 bits per heavy atom. The van der Waals surface area contributed by atoms with Gasteiger partial charge in [0.15, 0.2) is 0 Å². The molecule has 0 atom stereocenters. The zero-order valence-corrected chi connectivity index (χ0v) is 6.43. The summed E-state index contributed by atoms with van der Waals surface area (Å²) < 4.78 is 2.20. The maximum Gasteiger partial charge on any atom is 0.145 e. The molecule has 0 radical (unpaired) electrons. The minimum atomic E-state index is 1.08. The number of rotatable bonds is 4. The molecular weight excluding hydrogens is 110 g/mol. The number of hydrogen-bond donors (Lipinski definition) is 0. The van der Waals surface area contributed by atoms with Crippen molar-refractivity contribution in [1.29, 1.82) is 0 Å². The highest BCUT2D eigenvalue weighted by Crippen LogP contribution is 1.79. The summed E-state index contributed by atoms with van der Waals surface area (Å²) in [5.74, 6) is 0. The van der Waals surface area contributed by atoms with Gasteiger partial charge in [-0.25, -0.2) is 4.58 Å². The fraction of sp³-hybridized carbons (Fsp3) is 0.625. The SMILES string of the molecule is C=CCC[N+](C)=CCC. The van der Waals surface area contributed by atoms with Gasteiger partial charge < -0.3 is 0 Å². The first-order valence-corrected chi connectivity index (χ1v) is 3.45. The van der Waals surface area contributed by atoms with Crippen molar-refractivity contribution in [3.8, 4) is 0 Å². The predicted molar refractivity (Wildman–Crippen MR) is 42.2 cm³/mol. The Hall–Kier alpha value is -0.590. The van der Waals surface area contributed by atoms with Crippen LogP contribution in [0.5, 0.6) is 0 Å². The Balaban J connectivity index is 3.36. The van der Waals surface area contributed by atoms with Gasteiger partial charge in [-0.15, -0.1) is 6.58 Å². The van der Waals surface area contributed by atoms with Crippen molar-refractivity contribution in [2.75, 3.05) is 13.6 Å². The molecule has 0 rings (SSSR count). The van der Waals surface area contributed by atoms with Crippen LogP contribution in [-0.4, -0.2) is 24.4 Å². The highest BCUT2D eigenvalue weighted by molar-refractivity contribution is 5.50. The molecule has 0 aromatic heterocycles. The van der Waals surface area contributed by atoms with Crippen LogP contribution in [0.15, 0.2) is 12.7 Å². The van der Waals surface area contributed by atoms with Gasteiger partial charge in [-0.05, 0) is 0 Å². The Bertz CT molecular complexity index is 103. The molecule has 9 heavy (non-hydrogen) atoms. The lowest BCUT2D eigenvalue weighted by molar-refractivity contribution is -0.492. The normalized spacial score (nSPS) is 11.6. The fourth-order valence-corrected chi connectivity index (χ4v) is 0.698. The minimum absolute atomic E-state index is 1.08. The first-order chi connectivity index (χ1) is 4.31. The molecular formula is C8H16N+. The van der Waals surface area contributed by atoms with Crippen LogP contribution >= 0.6 is 0 Å². The second kappa shape index (κ2) is 5.54. The van der Waals surface area contributed by atoms with Gasteiger partial charge in [-0.1, -0.05) is 13.0 Å². The van der Waals surface area contributed by atoms with Crippen molar-refractivity contribution in [3.05, 3.63) is 12.7 Å². The van der Waals surface area contributed by atoms with Gasteiger partial charge in [-0.3, -0.25) is 0 Å². The van der Waals surface area contributed by atoms with E-state index in [0.29, 0.717) is 0 Å². The lowest BCUT2D eigenvalue weighted by Gasteiger charge is -1.90. The highest BCUT2D eigenvalue weighted by atomic mass is 14.9. The summed E-state index contributed by atoms with van der Waals surface area (Å²) in [4.78, 5) is 0. The van der Waals surface area contributed by atoms with Crippen LogP contribution in [0.2, 0.25) is 0 Å². The number of hydrogen-bond acceptors (Lipinski definition) is 0. The van der Waals surface area contributed by atoms with E-state index in [1.165, 1.54) is 0 Å². The molecule has 0 aliphatic carbocycles. The third-order valence-corrected chi connectivity index (χ3v) is 1.18. The van der Waals surface area contributed by atoms with Gasteiger partial charge in [0.2, 0.25) is 0 Å². The van der Waals surface area contributed by atoms with Crippen molar-refractivity contribution in [3.63, 3.8) is 0 Å². The van der Waals surface area contributed by atoms with Crippen LogP contribution in [0.4, 0.5) is 0 Å². The first kappa shape index (κ1) is 8.41. The van der Waals surface area contributed by atoms with E-state index in [4.69, 9.17) is 0 Å². The van der Waals surface area contributed by atoms with Crippen molar-refractivity contribution in [2.45, 2.75) is 19.8 Å². The molecule has 0 N–H and O–H groups in total. The molecule has 0 aliphatic rings. The maximum absolute atomic E-state index is 3.65. The van der Waals surface area contributed by atoms with Crippen LogP contribution in [0.3, 0.4) is 0 Å². The lowest BCUT2D eigenvalue weighted by Crippen LogP contribution is -2.07. The van der Waals surface area contributed by atoms with Gasteiger partial charge in [-0.2, -0.15) is 0 Å². The third-order valence-electron chi connectivity index (χ3n) is 1.18. The van der Waals surface area contributed by atoms with E-state index < -0.39 is 0 Å². The van der Waals surface area contributed by atoms with E-state index in [9.17, 15) is 0 Å². The van der Waals surface area contributed by atoms with Crippen LogP contribution in [-0.2, 0) is 0 Å². The van der Waals surface area contributed by atoms with E-state index in [1.807, 2.05) is 6.08 Å². The molecule has 0 aromatic carbocycles. The summed E-state index contributed by atoms with van der Waals surface area (Å²) in [6, 6.07) is 0. The van der Waals surface area contributed by atoms with E-state index in [-0.39, 0.29) is 0 Å². The average molecular weight is 126 g/mol. The molecule has 1 heteroatoms. The largest absolute Gasteiger partial charge is 0.242 e. The molecule has 0 unspecified atom stereocenters. The van der Waals surface area contributed by atoms with Gasteiger partial charge in [0.25, 0.3) is 0 Å². The molecule has 0 amide bonds. The zero-order chi connectivity index (χ0) is 7.11. The summed E-state index contributed by atoms with van der Waals surface area (Å²) in [5, 5.41) is 0. The third kappa shape index (κ3) is 5.28. The molecule has 0 spiro atoms. The summed E-state index contributed by atoms with van der Waals surface area (Å²) in [7, 11) is 2.09.